The van der Waals surface area contributed by atoms with Crippen molar-refractivity contribution in [3.63, 3.8) is 0 Å². The van der Waals surface area contributed by atoms with Crippen molar-refractivity contribution in [3.05, 3.63) is 53.5 Å². The van der Waals surface area contributed by atoms with Gasteiger partial charge in [0.05, 0.1) is 28.8 Å². The van der Waals surface area contributed by atoms with Crippen LogP contribution in [-0.2, 0) is 0 Å². The normalized spacial score (nSPS) is 14.2. The molecule has 8 heteroatoms. The third-order valence-corrected chi connectivity index (χ3v) is 5.04. The molecule has 1 aliphatic rings. The number of carbonyl (C=O) groups excluding carboxylic acids is 2. The molecule has 4 rings (SSSR count). The Morgan fingerprint density at radius 2 is 1.93 bits per heavy atom. The first-order chi connectivity index (χ1) is 13.5. The second-order valence-corrected chi connectivity index (χ2v) is 6.97. The van der Waals surface area contributed by atoms with Crippen LogP contribution in [0, 0.1) is 6.92 Å². The van der Waals surface area contributed by atoms with Crippen LogP contribution in [0.4, 0.5) is 11.4 Å². The zero-order valence-electron chi connectivity index (χ0n) is 15.7. The van der Waals surface area contributed by atoms with Gasteiger partial charge in [-0.2, -0.15) is 5.10 Å². The minimum atomic E-state index is -0.531. The summed E-state index contributed by atoms with van der Waals surface area (Å²) in [5.74, 6) is -0.834. The van der Waals surface area contributed by atoms with E-state index in [1.165, 1.54) is 6.42 Å². The monoisotopic (exact) mass is 378 g/mol. The Balaban J connectivity index is 1.69. The molecule has 0 atom stereocenters. The Bertz CT molecular complexity index is 1050. The minimum absolute atomic E-state index is 0.303. The van der Waals surface area contributed by atoms with Crippen LogP contribution in [0.2, 0.25) is 0 Å². The summed E-state index contributed by atoms with van der Waals surface area (Å²) in [4.78, 5) is 31.3. The molecule has 3 heterocycles. The van der Waals surface area contributed by atoms with Gasteiger partial charge in [-0.05, 0) is 44.4 Å². The number of hydrogen-bond donors (Lipinski definition) is 2. The Kier molecular flexibility index (Phi) is 4.68. The van der Waals surface area contributed by atoms with E-state index in [4.69, 9.17) is 5.73 Å². The molecule has 2 amide bonds. The largest absolute Gasteiger partial charge is 0.370 e. The van der Waals surface area contributed by atoms with Crippen LogP contribution in [0.1, 0.15) is 45.7 Å². The smallest absolute Gasteiger partial charge is 0.259 e. The number of aromatic nitrogens is 3. The highest BCUT2D eigenvalue weighted by molar-refractivity contribution is 6.07. The molecule has 1 aliphatic heterocycles. The van der Waals surface area contributed by atoms with Gasteiger partial charge in [0.2, 0.25) is 5.91 Å². The van der Waals surface area contributed by atoms with Crippen molar-refractivity contribution in [2.45, 2.75) is 26.2 Å². The third-order valence-electron chi connectivity index (χ3n) is 5.04. The predicted octanol–water partition coefficient (Wildman–Crippen LogP) is 2.38. The average molecular weight is 378 g/mol. The van der Waals surface area contributed by atoms with Crippen molar-refractivity contribution in [2.75, 3.05) is 23.3 Å². The summed E-state index contributed by atoms with van der Waals surface area (Å²) >= 11 is 0. The lowest BCUT2D eigenvalue weighted by atomic mass is 10.1. The quantitative estimate of drug-likeness (QED) is 0.725. The number of hydrogen-bond acceptors (Lipinski definition) is 5. The molecule has 0 unspecified atom stereocenters. The summed E-state index contributed by atoms with van der Waals surface area (Å²) in [6.07, 6.45) is 6.69. The van der Waals surface area contributed by atoms with Gasteiger partial charge in [-0.15, -0.1) is 0 Å². The van der Waals surface area contributed by atoms with Crippen LogP contribution in [0.3, 0.4) is 0 Å². The van der Waals surface area contributed by atoms with E-state index in [0.717, 1.165) is 31.6 Å². The molecule has 3 N–H and O–H groups in total. The van der Waals surface area contributed by atoms with Crippen molar-refractivity contribution in [1.29, 1.82) is 0 Å². The number of nitrogens with two attached hydrogens (primary N) is 1. The highest BCUT2D eigenvalue weighted by Crippen LogP contribution is 2.30. The van der Waals surface area contributed by atoms with E-state index in [-0.39, 0.29) is 5.91 Å². The number of fused-ring (bicyclic) bond motifs is 1. The van der Waals surface area contributed by atoms with E-state index in [2.05, 4.69) is 20.3 Å². The Labute approximate surface area is 162 Å². The van der Waals surface area contributed by atoms with Crippen LogP contribution < -0.4 is 16.0 Å². The highest BCUT2D eigenvalue weighted by Gasteiger charge is 2.19. The van der Waals surface area contributed by atoms with E-state index in [1.54, 1.807) is 42.0 Å². The third kappa shape index (κ3) is 3.40. The van der Waals surface area contributed by atoms with Gasteiger partial charge in [0.1, 0.15) is 0 Å². The summed E-state index contributed by atoms with van der Waals surface area (Å²) in [6, 6.07) is 6.96. The molecule has 0 radical (unpaired) electrons. The first-order valence-electron chi connectivity index (χ1n) is 9.34. The molecule has 0 bridgehead atoms. The first-order valence-corrected chi connectivity index (χ1v) is 9.34. The van der Waals surface area contributed by atoms with E-state index < -0.39 is 5.91 Å². The molecule has 28 heavy (non-hydrogen) atoms. The molecule has 0 spiro atoms. The zero-order chi connectivity index (χ0) is 19.7. The SMILES string of the molecule is Cc1nc2ccnn2cc1C(=O)Nc1cc(C(N)=O)ccc1N1CCCCC1. The zero-order valence-corrected chi connectivity index (χ0v) is 15.7. The van der Waals surface area contributed by atoms with Crippen molar-refractivity contribution in [1.82, 2.24) is 14.6 Å². The fraction of sp³-hybridized carbons (Fsp3) is 0.300. The minimum Gasteiger partial charge on any atom is -0.370 e. The number of aryl methyl sites for hydroxylation is 1. The highest BCUT2D eigenvalue weighted by atomic mass is 16.2. The Morgan fingerprint density at radius 1 is 1.14 bits per heavy atom. The number of carbonyl (C=O) groups is 2. The first kappa shape index (κ1) is 18.0. The van der Waals surface area contributed by atoms with Gasteiger partial charge >= 0.3 is 0 Å². The van der Waals surface area contributed by atoms with Crippen molar-refractivity contribution in [2.24, 2.45) is 5.73 Å². The number of rotatable bonds is 4. The molecule has 2 aromatic heterocycles. The summed E-state index contributed by atoms with van der Waals surface area (Å²) in [5, 5.41) is 7.09. The van der Waals surface area contributed by atoms with Gasteiger partial charge in [0.25, 0.3) is 5.91 Å². The standard InChI is InChI=1S/C20H22N6O2/c1-13-15(12-26-18(23-13)7-8-22-26)20(28)24-16-11-14(19(21)27)5-6-17(16)25-9-3-2-4-10-25/h5-8,11-12H,2-4,9-10H2,1H3,(H2,21,27)(H,24,28). The Hall–Kier alpha value is -3.42. The second kappa shape index (κ2) is 7.30. The fourth-order valence-corrected chi connectivity index (χ4v) is 3.56. The van der Waals surface area contributed by atoms with Crippen LogP contribution in [0.15, 0.2) is 36.7 Å². The summed E-state index contributed by atoms with van der Waals surface area (Å²) in [5.41, 5.74) is 8.97. The molecule has 0 aliphatic carbocycles. The summed E-state index contributed by atoms with van der Waals surface area (Å²) in [7, 11) is 0. The maximum atomic E-state index is 13.0. The molecular weight excluding hydrogens is 356 g/mol. The fourth-order valence-electron chi connectivity index (χ4n) is 3.56. The Morgan fingerprint density at radius 3 is 2.68 bits per heavy atom. The maximum absolute atomic E-state index is 13.0. The summed E-state index contributed by atoms with van der Waals surface area (Å²) < 4.78 is 1.56. The molecular formula is C20H22N6O2. The molecule has 3 aromatic rings. The van der Waals surface area contributed by atoms with Crippen LogP contribution in [0.25, 0.3) is 5.65 Å². The van der Waals surface area contributed by atoms with Crippen LogP contribution in [-0.4, -0.2) is 39.5 Å². The van der Waals surface area contributed by atoms with Crippen LogP contribution >= 0.6 is 0 Å². The molecule has 144 valence electrons. The van der Waals surface area contributed by atoms with Crippen molar-refractivity contribution >= 4 is 28.8 Å². The molecule has 0 saturated carbocycles. The van der Waals surface area contributed by atoms with Crippen LogP contribution in [0.5, 0.6) is 0 Å². The number of primary amides is 1. The van der Waals surface area contributed by atoms with Gasteiger partial charge in [0, 0.05) is 30.9 Å². The van der Waals surface area contributed by atoms with Gasteiger partial charge in [-0.25, -0.2) is 9.50 Å². The lowest BCUT2D eigenvalue weighted by Gasteiger charge is -2.30. The number of piperidine rings is 1. The van der Waals surface area contributed by atoms with E-state index >= 15 is 0 Å². The van der Waals surface area contributed by atoms with Gasteiger partial charge < -0.3 is 16.0 Å². The molecule has 1 fully saturated rings. The number of anilines is 2. The van der Waals surface area contributed by atoms with E-state index in [1.807, 2.05) is 6.07 Å². The second-order valence-electron chi connectivity index (χ2n) is 6.97. The number of nitrogens with one attached hydrogen (secondary N) is 1. The maximum Gasteiger partial charge on any atom is 0.259 e. The van der Waals surface area contributed by atoms with E-state index in [0.29, 0.717) is 28.2 Å². The topological polar surface area (TPSA) is 106 Å². The molecule has 1 saturated heterocycles. The lowest BCUT2D eigenvalue weighted by Crippen LogP contribution is -2.30. The van der Waals surface area contributed by atoms with Gasteiger partial charge in [-0.1, -0.05) is 0 Å². The lowest BCUT2D eigenvalue weighted by molar-refractivity contribution is 0.0996. The molecule has 8 nitrogen and oxygen atoms in total. The van der Waals surface area contributed by atoms with Crippen molar-refractivity contribution in [3.8, 4) is 0 Å². The van der Waals surface area contributed by atoms with Crippen molar-refractivity contribution < 1.29 is 9.59 Å². The molecule has 1 aromatic carbocycles. The van der Waals surface area contributed by atoms with E-state index in [9.17, 15) is 9.59 Å². The number of amides is 2. The van der Waals surface area contributed by atoms with Gasteiger partial charge in [0.15, 0.2) is 5.65 Å². The average Bonchev–Trinajstić information content (AvgIpc) is 3.15. The van der Waals surface area contributed by atoms with Gasteiger partial charge in [-0.3, -0.25) is 9.59 Å². The number of nitrogens with zero attached hydrogens (tertiary/aromatic N) is 4. The predicted molar refractivity (Wildman–Crippen MR) is 107 cm³/mol. The summed E-state index contributed by atoms with van der Waals surface area (Å²) in [6.45, 7) is 3.62. The number of benzene rings is 1.